The Morgan fingerprint density at radius 2 is 1.80 bits per heavy atom. The zero-order valence-corrected chi connectivity index (χ0v) is 11.8. The maximum Gasteiger partial charge on any atom is 0.251 e. The summed E-state index contributed by atoms with van der Waals surface area (Å²) < 4.78 is 1.98. The summed E-state index contributed by atoms with van der Waals surface area (Å²) in [7, 11) is 0. The van der Waals surface area contributed by atoms with Crippen molar-refractivity contribution in [2.45, 2.75) is 32.4 Å². The van der Waals surface area contributed by atoms with Gasteiger partial charge in [0.2, 0.25) is 0 Å². The lowest BCUT2D eigenvalue weighted by Gasteiger charge is -2.15. The number of carbonyl (C=O) groups is 1. The van der Waals surface area contributed by atoms with E-state index in [1.54, 1.807) is 19.1 Å². The van der Waals surface area contributed by atoms with Gasteiger partial charge in [-0.15, -0.1) is 0 Å². The number of carbonyl (C=O) groups excluding carboxylic acids is 1. The number of aromatic nitrogens is 1. The van der Waals surface area contributed by atoms with E-state index in [9.17, 15) is 9.90 Å². The largest absolute Gasteiger partial charge is 0.393 e. The van der Waals surface area contributed by atoms with E-state index in [1.165, 1.54) is 0 Å². The van der Waals surface area contributed by atoms with Gasteiger partial charge in [-0.25, -0.2) is 0 Å². The highest BCUT2D eigenvalue weighted by molar-refractivity contribution is 5.94. The first-order chi connectivity index (χ1) is 9.56. The van der Waals surface area contributed by atoms with E-state index in [0.717, 1.165) is 5.69 Å². The summed E-state index contributed by atoms with van der Waals surface area (Å²) in [4.78, 5) is 12.0. The lowest BCUT2D eigenvalue weighted by molar-refractivity contribution is 0.0923. The molecule has 1 heterocycles. The lowest BCUT2D eigenvalue weighted by Crippen LogP contribution is -2.34. The molecule has 106 valence electrons. The molecule has 2 atom stereocenters. The molecule has 0 aliphatic rings. The number of amides is 1. The summed E-state index contributed by atoms with van der Waals surface area (Å²) in [6.45, 7) is 3.60. The number of aliphatic hydroxyl groups excluding tert-OH is 1. The average Bonchev–Trinajstić information content (AvgIpc) is 2.91. The number of nitrogens with one attached hydrogen (secondary N) is 1. The molecule has 2 N–H and O–H groups in total. The smallest absolute Gasteiger partial charge is 0.251 e. The minimum atomic E-state index is -0.415. The van der Waals surface area contributed by atoms with Gasteiger partial charge in [0, 0.05) is 29.7 Å². The molecule has 4 heteroatoms. The van der Waals surface area contributed by atoms with E-state index >= 15 is 0 Å². The van der Waals surface area contributed by atoms with Gasteiger partial charge in [-0.1, -0.05) is 0 Å². The van der Waals surface area contributed by atoms with Crippen molar-refractivity contribution in [2.75, 3.05) is 0 Å². The van der Waals surface area contributed by atoms with Crippen LogP contribution in [0.2, 0.25) is 0 Å². The summed E-state index contributed by atoms with van der Waals surface area (Å²) in [6.07, 6.45) is 4.05. The van der Waals surface area contributed by atoms with Gasteiger partial charge in [-0.05, 0) is 56.7 Å². The van der Waals surface area contributed by atoms with E-state index in [-0.39, 0.29) is 11.9 Å². The zero-order valence-electron chi connectivity index (χ0n) is 11.8. The first-order valence-electron chi connectivity index (χ1n) is 6.78. The van der Waals surface area contributed by atoms with Crippen molar-refractivity contribution in [1.82, 2.24) is 9.88 Å². The van der Waals surface area contributed by atoms with Crippen molar-refractivity contribution in [2.24, 2.45) is 0 Å². The van der Waals surface area contributed by atoms with Gasteiger partial charge in [0.05, 0.1) is 6.10 Å². The molecule has 1 aromatic heterocycles. The standard InChI is InChI=1S/C16H20N2O2/c1-12(11-13(2)19)17-16(20)14-5-7-15(8-6-14)18-9-3-4-10-18/h3-10,12-13,19H,11H2,1-2H3,(H,17,20). The third-order valence-corrected chi connectivity index (χ3v) is 3.10. The Kier molecular flexibility index (Phi) is 4.58. The second kappa shape index (κ2) is 6.39. The van der Waals surface area contributed by atoms with Gasteiger partial charge in [0.25, 0.3) is 5.91 Å². The normalized spacial score (nSPS) is 13.8. The number of nitrogens with zero attached hydrogens (tertiary/aromatic N) is 1. The molecule has 0 saturated heterocycles. The van der Waals surface area contributed by atoms with Crippen LogP contribution in [0.15, 0.2) is 48.8 Å². The monoisotopic (exact) mass is 272 g/mol. The fraction of sp³-hybridized carbons (Fsp3) is 0.312. The molecule has 0 bridgehead atoms. The Morgan fingerprint density at radius 1 is 1.20 bits per heavy atom. The Morgan fingerprint density at radius 3 is 2.35 bits per heavy atom. The minimum Gasteiger partial charge on any atom is -0.393 e. The van der Waals surface area contributed by atoms with Crippen molar-refractivity contribution in [1.29, 1.82) is 0 Å². The first kappa shape index (κ1) is 14.3. The minimum absolute atomic E-state index is 0.0494. The van der Waals surface area contributed by atoms with E-state index < -0.39 is 6.10 Å². The van der Waals surface area contributed by atoms with Crippen molar-refractivity contribution < 1.29 is 9.90 Å². The van der Waals surface area contributed by atoms with Crippen LogP contribution in [0, 0.1) is 0 Å². The highest BCUT2D eigenvalue weighted by Crippen LogP contribution is 2.10. The molecule has 0 aliphatic carbocycles. The fourth-order valence-corrected chi connectivity index (χ4v) is 2.17. The van der Waals surface area contributed by atoms with E-state index in [2.05, 4.69) is 5.32 Å². The van der Waals surface area contributed by atoms with Crippen molar-refractivity contribution in [3.8, 4) is 5.69 Å². The lowest BCUT2D eigenvalue weighted by atomic mass is 10.1. The molecule has 20 heavy (non-hydrogen) atoms. The SMILES string of the molecule is CC(O)CC(C)NC(=O)c1ccc(-n2cccc2)cc1. The molecular weight excluding hydrogens is 252 g/mol. The summed E-state index contributed by atoms with van der Waals surface area (Å²) in [6, 6.07) is 11.3. The number of benzene rings is 1. The summed E-state index contributed by atoms with van der Waals surface area (Å²) in [5.74, 6) is -0.114. The van der Waals surface area contributed by atoms with Crippen LogP contribution >= 0.6 is 0 Å². The number of aliphatic hydroxyl groups is 1. The average molecular weight is 272 g/mol. The molecule has 0 spiro atoms. The van der Waals surface area contributed by atoms with Crippen LogP contribution in [0.3, 0.4) is 0 Å². The molecule has 1 amide bonds. The number of hydrogen-bond acceptors (Lipinski definition) is 2. The van der Waals surface area contributed by atoms with Crippen molar-refractivity contribution in [3.05, 3.63) is 54.4 Å². The van der Waals surface area contributed by atoms with Crippen LogP contribution in [0.25, 0.3) is 5.69 Å². The van der Waals surface area contributed by atoms with Gasteiger partial charge in [0.15, 0.2) is 0 Å². The van der Waals surface area contributed by atoms with Crippen molar-refractivity contribution >= 4 is 5.91 Å². The molecule has 0 radical (unpaired) electrons. The van der Waals surface area contributed by atoms with Crippen LogP contribution in [-0.2, 0) is 0 Å². The van der Waals surface area contributed by atoms with Gasteiger partial charge < -0.3 is 15.0 Å². The van der Waals surface area contributed by atoms with E-state index in [0.29, 0.717) is 12.0 Å². The number of hydrogen-bond donors (Lipinski definition) is 2. The third-order valence-electron chi connectivity index (χ3n) is 3.10. The van der Waals surface area contributed by atoms with Gasteiger partial charge in [-0.3, -0.25) is 4.79 Å². The predicted octanol–water partition coefficient (Wildman–Crippen LogP) is 2.37. The van der Waals surface area contributed by atoms with E-state index in [4.69, 9.17) is 0 Å². The van der Waals surface area contributed by atoms with Crippen LogP contribution in [0.1, 0.15) is 30.6 Å². The Hall–Kier alpha value is -2.07. The fourth-order valence-electron chi connectivity index (χ4n) is 2.17. The predicted molar refractivity (Wildman–Crippen MR) is 79.0 cm³/mol. The molecule has 2 unspecified atom stereocenters. The molecule has 0 saturated carbocycles. The van der Waals surface area contributed by atoms with Crippen LogP contribution in [0.4, 0.5) is 0 Å². The first-order valence-corrected chi connectivity index (χ1v) is 6.78. The van der Waals surface area contributed by atoms with Crippen LogP contribution < -0.4 is 5.32 Å². The second-order valence-corrected chi connectivity index (χ2v) is 5.10. The molecule has 2 aromatic rings. The molecule has 0 fully saturated rings. The second-order valence-electron chi connectivity index (χ2n) is 5.10. The van der Waals surface area contributed by atoms with Gasteiger partial charge in [-0.2, -0.15) is 0 Å². The van der Waals surface area contributed by atoms with Gasteiger partial charge in [0.1, 0.15) is 0 Å². The molecule has 1 aromatic carbocycles. The maximum atomic E-state index is 12.0. The Balaban J connectivity index is 2.01. The quantitative estimate of drug-likeness (QED) is 0.878. The van der Waals surface area contributed by atoms with Crippen molar-refractivity contribution in [3.63, 3.8) is 0 Å². The maximum absolute atomic E-state index is 12.0. The van der Waals surface area contributed by atoms with Gasteiger partial charge >= 0.3 is 0 Å². The third kappa shape index (κ3) is 3.71. The molecule has 0 aliphatic heterocycles. The molecule has 2 rings (SSSR count). The summed E-state index contributed by atoms with van der Waals surface area (Å²) in [5, 5.41) is 12.2. The van der Waals surface area contributed by atoms with E-state index in [1.807, 2.05) is 48.1 Å². The highest BCUT2D eigenvalue weighted by atomic mass is 16.3. The highest BCUT2D eigenvalue weighted by Gasteiger charge is 2.11. The topological polar surface area (TPSA) is 54.3 Å². The Labute approximate surface area is 119 Å². The van der Waals surface area contributed by atoms with Crippen LogP contribution in [-0.4, -0.2) is 27.7 Å². The molecule has 4 nitrogen and oxygen atoms in total. The zero-order chi connectivity index (χ0) is 14.5. The Bertz CT molecular complexity index is 544. The number of rotatable bonds is 5. The summed E-state index contributed by atoms with van der Waals surface area (Å²) >= 11 is 0. The molecular formula is C16H20N2O2. The van der Waals surface area contributed by atoms with Crippen LogP contribution in [0.5, 0.6) is 0 Å². The summed E-state index contributed by atoms with van der Waals surface area (Å²) in [5.41, 5.74) is 1.64.